The number of hydrogen-bond acceptors (Lipinski definition) is 3. The van der Waals surface area contributed by atoms with Gasteiger partial charge < -0.3 is 10.8 Å². The number of carbonyl (C=O) groups is 2. The Balaban J connectivity index is 3.01. The van der Waals surface area contributed by atoms with Gasteiger partial charge in [0.2, 0.25) is 5.91 Å². The van der Waals surface area contributed by atoms with E-state index in [1.165, 1.54) is 6.92 Å². The van der Waals surface area contributed by atoms with Crippen LogP contribution >= 0.6 is 11.6 Å². The summed E-state index contributed by atoms with van der Waals surface area (Å²) in [6.07, 6.45) is 0. The van der Waals surface area contributed by atoms with Crippen LogP contribution in [0.3, 0.4) is 0 Å². The Kier molecular flexibility index (Phi) is 4.48. The predicted octanol–water partition coefficient (Wildman–Crippen LogP) is 1.10. The molecule has 0 saturated heterocycles. The Bertz CT molecular complexity index is 417. The van der Waals surface area contributed by atoms with Gasteiger partial charge in [0.25, 0.3) is 0 Å². The molecule has 92 valence electrons. The molecule has 0 aliphatic heterocycles. The molecular formula is C11H13ClN2O3. The van der Waals surface area contributed by atoms with Gasteiger partial charge in [-0.2, -0.15) is 0 Å². The number of halogens is 1. The largest absolute Gasteiger partial charge is 0.480 e. The molecule has 0 saturated carbocycles. The van der Waals surface area contributed by atoms with Crippen molar-refractivity contribution >= 4 is 29.2 Å². The van der Waals surface area contributed by atoms with Crippen molar-refractivity contribution in [3.63, 3.8) is 0 Å². The molecule has 17 heavy (non-hydrogen) atoms. The Morgan fingerprint density at radius 1 is 1.41 bits per heavy atom. The molecule has 0 aliphatic rings. The maximum absolute atomic E-state index is 11.8. The van der Waals surface area contributed by atoms with E-state index in [-0.39, 0.29) is 0 Å². The van der Waals surface area contributed by atoms with E-state index < -0.39 is 24.5 Å². The monoisotopic (exact) mass is 256 g/mol. The lowest BCUT2D eigenvalue weighted by atomic mass is 10.2. The van der Waals surface area contributed by atoms with Crippen LogP contribution in [0.15, 0.2) is 24.3 Å². The molecule has 5 nitrogen and oxygen atoms in total. The number of hydrogen-bond donors (Lipinski definition) is 2. The summed E-state index contributed by atoms with van der Waals surface area (Å²) in [6, 6.07) is 5.56. The highest BCUT2D eigenvalue weighted by atomic mass is 35.5. The molecule has 1 amide bonds. The van der Waals surface area contributed by atoms with E-state index in [2.05, 4.69) is 0 Å². The quantitative estimate of drug-likeness (QED) is 0.845. The Hall–Kier alpha value is -1.59. The van der Waals surface area contributed by atoms with Crippen molar-refractivity contribution in [3.05, 3.63) is 29.3 Å². The summed E-state index contributed by atoms with van der Waals surface area (Å²) in [5.74, 6) is -1.55. The molecule has 0 unspecified atom stereocenters. The van der Waals surface area contributed by atoms with Gasteiger partial charge >= 0.3 is 5.97 Å². The third-order valence-electron chi connectivity index (χ3n) is 2.09. The summed E-state index contributed by atoms with van der Waals surface area (Å²) in [7, 11) is 0. The molecule has 0 spiro atoms. The van der Waals surface area contributed by atoms with Gasteiger partial charge in [-0.3, -0.25) is 14.5 Å². The lowest BCUT2D eigenvalue weighted by Gasteiger charge is -2.22. The minimum absolute atomic E-state index is 0.429. The van der Waals surface area contributed by atoms with Crippen molar-refractivity contribution in [1.29, 1.82) is 0 Å². The molecule has 3 N–H and O–H groups in total. The lowest BCUT2D eigenvalue weighted by molar-refractivity contribution is -0.136. The molecule has 1 atom stereocenters. The first-order chi connectivity index (χ1) is 7.91. The molecule has 0 fully saturated rings. The fourth-order valence-electron chi connectivity index (χ4n) is 1.30. The van der Waals surface area contributed by atoms with Crippen molar-refractivity contribution in [2.45, 2.75) is 13.0 Å². The molecule has 0 heterocycles. The SMILES string of the molecule is C[C@@H](N)C(=O)N(CC(=O)O)c1ccc(Cl)cc1. The molecule has 0 aliphatic carbocycles. The van der Waals surface area contributed by atoms with Gasteiger partial charge in [-0.05, 0) is 31.2 Å². The molecule has 1 aromatic rings. The van der Waals surface area contributed by atoms with Crippen molar-refractivity contribution in [2.75, 3.05) is 11.4 Å². The predicted molar refractivity (Wildman–Crippen MR) is 65.1 cm³/mol. The van der Waals surface area contributed by atoms with Gasteiger partial charge in [0, 0.05) is 10.7 Å². The van der Waals surface area contributed by atoms with Gasteiger partial charge in [-0.25, -0.2) is 0 Å². The van der Waals surface area contributed by atoms with Crippen molar-refractivity contribution in [3.8, 4) is 0 Å². The van der Waals surface area contributed by atoms with Crippen LogP contribution in [0, 0.1) is 0 Å². The number of carboxylic acid groups (broad SMARTS) is 1. The highest BCUT2D eigenvalue weighted by molar-refractivity contribution is 6.30. The number of aliphatic carboxylic acids is 1. The standard InChI is InChI=1S/C11H13ClN2O3/c1-7(13)11(17)14(6-10(15)16)9-4-2-8(12)3-5-9/h2-5,7H,6,13H2,1H3,(H,15,16)/t7-/m1/s1. The molecular weight excluding hydrogens is 244 g/mol. The summed E-state index contributed by atoms with van der Waals surface area (Å²) in [4.78, 5) is 23.6. The van der Waals surface area contributed by atoms with Gasteiger partial charge in [-0.1, -0.05) is 11.6 Å². The summed E-state index contributed by atoms with van der Waals surface area (Å²) in [6.45, 7) is 1.08. The van der Waals surface area contributed by atoms with Gasteiger partial charge in [0.1, 0.15) is 6.54 Å². The minimum atomic E-state index is -1.10. The molecule has 1 aromatic carbocycles. The normalized spacial score (nSPS) is 11.9. The van der Waals surface area contributed by atoms with Gasteiger partial charge in [0.15, 0.2) is 0 Å². The maximum atomic E-state index is 11.8. The summed E-state index contributed by atoms with van der Waals surface area (Å²) in [5.41, 5.74) is 5.93. The second kappa shape index (κ2) is 5.65. The number of benzene rings is 1. The highest BCUT2D eigenvalue weighted by Gasteiger charge is 2.21. The van der Waals surface area contributed by atoms with E-state index in [0.717, 1.165) is 4.90 Å². The number of nitrogens with zero attached hydrogens (tertiary/aromatic N) is 1. The van der Waals surface area contributed by atoms with E-state index in [1.54, 1.807) is 24.3 Å². The van der Waals surface area contributed by atoms with E-state index in [9.17, 15) is 9.59 Å². The zero-order chi connectivity index (χ0) is 13.0. The molecule has 0 aromatic heterocycles. The number of carboxylic acids is 1. The number of anilines is 1. The number of nitrogens with two attached hydrogens (primary N) is 1. The van der Waals surface area contributed by atoms with Crippen LogP contribution < -0.4 is 10.6 Å². The van der Waals surface area contributed by atoms with Gasteiger partial charge in [0.05, 0.1) is 6.04 Å². The van der Waals surface area contributed by atoms with E-state index in [0.29, 0.717) is 10.7 Å². The van der Waals surface area contributed by atoms with Crippen LogP contribution in [-0.4, -0.2) is 29.6 Å². The fourth-order valence-corrected chi connectivity index (χ4v) is 1.42. The molecule has 0 bridgehead atoms. The van der Waals surface area contributed by atoms with E-state index in [1.807, 2.05) is 0 Å². The zero-order valence-corrected chi connectivity index (χ0v) is 10.0. The first kappa shape index (κ1) is 13.5. The molecule has 6 heteroatoms. The summed E-state index contributed by atoms with van der Waals surface area (Å²) < 4.78 is 0. The Morgan fingerprint density at radius 2 is 1.94 bits per heavy atom. The third-order valence-corrected chi connectivity index (χ3v) is 2.34. The average Bonchev–Trinajstić information content (AvgIpc) is 2.26. The second-order valence-corrected chi connectivity index (χ2v) is 4.02. The minimum Gasteiger partial charge on any atom is -0.480 e. The summed E-state index contributed by atoms with van der Waals surface area (Å²) >= 11 is 5.72. The number of rotatable bonds is 4. The molecule has 1 rings (SSSR count). The fraction of sp³-hybridized carbons (Fsp3) is 0.273. The number of carbonyl (C=O) groups excluding carboxylic acids is 1. The smallest absolute Gasteiger partial charge is 0.323 e. The Morgan fingerprint density at radius 3 is 2.35 bits per heavy atom. The van der Waals surface area contributed by atoms with Crippen molar-refractivity contribution < 1.29 is 14.7 Å². The van der Waals surface area contributed by atoms with Gasteiger partial charge in [-0.15, -0.1) is 0 Å². The first-order valence-corrected chi connectivity index (χ1v) is 5.34. The van der Waals surface area contributed by atoms with Crippen LogP contribution in [0.5, 0.6) is 0 Å². The average molecular weight is 257 g/mol. The zero-order valence-electron chi connectivity index (χ0n) is 9.26. The van der Waals surface area contributed by atoms with Crippen molar-refractivity contribution in [2.24, 2.45) is 5.73 Å². The van der Waals surface area contributed by atoms with Crippen LogP contribution in [0.1, 0.15) is 6.92 Å². The second-order valence-electron chi connectivity index (χ2n) is 3.58. The van der Waals surface area contributed by atoms with Crippen LogP contribution in [-0.2, 0) is 9.59 Å². The maximum Gasteiger partial charge on any atom is 0.323 e. The third kappa shape index (κ3) is 3.72. The lowest BCUT2D eigenvalue weighted by Crippen LogP contribution is -2.44. The summed E-state index contributed by atoms with van der Waals surface area (Å²) in [5, 5.41) is 9.28. The van der Waals surface area contributed by atoms with E-state index in [4.69, 9.17) is 22.4 Å². The van der Waals surface area contributed by atoms with Crippen LogP contribution in [0.2, 0.25) is 5.02 Å². The van der Waals surface area contributed by atoms with E-state index >= 15 is 0 Å². The number of amides is 1. The molecule has 0 radical (unpaired) electrons. The Labute approximate surface area is 104 Å². The first-order valence-electron chi connectivity index (χ1n) is 4.96. The van der Waals surface area contributed by atoms with Crippen molar-refractivity contribution in [1.82, 2.24) is 0 Å². The highest BCUT2D eigenvalue weighted by Crippen LogP contribution is 2.18. The van der Waals surface area contributed by atoms with Crippen LogP contribution in [0.25, 0.3) is 0 Å². The topological polar surface area (TPSA) is 83.6 Å². The van der Waals surface area contributed by atoms with Crippen LogP contribution in [0.4, 0.5) is 5.69 Å².